The van der Waals surface area contributed by atoms with Gasteiger partial charge in [-0.15, -0.1) is 0 Å². The summed E-state index contributed by atoms with van der Waals surface area (Å²) in [5, 5.41) is 20.5. The van der Waals surface area contributed by atoms with Gasteiger partial charge in [0.2, 0.25) is 0 Å². The third-order valence-electron chi connectivity index (χ3n) is 7.25. The van der Waals surface area contributed by atoms with Crippen molar-refractivity contribution < 1.29 is 10.2 Å². The van der Waals surface area contributed by atoms with Gasteiger partial charge < -0.3 is 10.2 Å². The predicted octanol–water partition coefficient (Wildman–Crippen LogP) is 2.58. The highest BCUT2D eigenvalue weighted by Gasteiger charge is 2.70. The van der Waals surface area contributed by atoms with E-state index in [1.54, 1.807) is 0 Å². The van der Waals surface area contributed by atoms with E-state index in [-0.39, 0.29) is 23.5 Å². The molecule has 0 amide bonds. The molecule has 17 heavy (non-hydrogen) atoms. The minimum absolute atomic E-state index is 0.0857. The number of rotatable bonds is 1. The lowest BCUT2D eigenvalue weighted by atomic mass is 9.38. The van der Waals surface area contributed by atoms with Crippen LogP contribution in [0.15, 0.2) is 0 Å². The zero-order chi connectivity index (χ0) is 12.5. The van der Waals surface area contributed by atoms with Crippen molar-refractivity contribution in [2.75, 3.05) is 6.61 Å². The van der Waals surface area contributed by atoms with Gasteiger partial charge in [0.25, 0.3) is 0 Å². The monoisotopic (exact) mass is 238 g/mol. The van der Waals surface area contributed by atoms with Gasteiger partial charge in [0.1, 0.15) is 0 Å². The molecular formula is C15H26O2. The van der Waals surface area contributed by atoms with Crippen LogP contribution in [0.3, 0.4) is 0 Å². The smallest absolute Gasteiger partial charge is 0.0629 e. The fourth-order valence-corrected chi connectivity index (χ4v) is 5.95. The Labute approximate surface area is 104 Å². The van der Waals surface area contributed by atoms with Crippen LogP contribution < -0.4 is 0 Å². The third-order valence-corrected chi connectivity index (χ3v) is 7.25. The Morgan fingerprint density at radius 1 is 1.18 bits per heavy atom. The predicted molar refractivity (Wildman–Crippen MR) is 67.5 cm³/mol. The van der Waals surface area contributed by atoms with E-state index in [1.165, 1.54) is 19.3 Å². The summed E-state index contributed by atoms with van der Waals surface area (Å²) in [5.41, 5.74) is 0.228. The standard InChI is InChI=1S/C15H26O2/c1-10-4-5-11-13(2,3)15(9-16)7-6-14(10,11)8-12(15)17/h10-12,16-17H,4-9H2,1-3H3/t10-,11-,12+,14-,15-/m1/s1. The summed E-state index contributed by atoms with van der Waals surface area (Å²) in [6.45, 7) is 7.12. The average molecular weight is 238 g/mol. The second-order valence-corrected chi connectivity index (χ2v) is 7.52. The van der Waals surface area contributed by atoms with Gasteiger partial charge in [-0.2, -0.15) is 0 Å². The number of fused-ring (bicyclic) bond motifs is 2. The number of aliphatic hydroxyl groups is 2. The minimum atomic E-state index is -0.298. The maximum atomic E-state index is 10.6. The van der Waals surface area contributed by atoms with Gasteiger partial charge in [-0.05, 0) is 54.8 Å². The topological polar surface area (TPSA) is 40.5 Å². The Hall–Kier alpha value is -0.0800. The molecule has 0 radical (unpaired) electrons. The number of aliphatic hydroxyl groups excluding tert-OH is 2. The highest BCUT2D eigenvalue weighted by molar-refractivity contribution is 5.18. The van der Waals surface area contributed by atoms with Crippen LogP contribution in [-0.2, 0) is 0 Å². The van der Waals surface area contributed by atoms with Crippen LogP contribution in [0.4, 0.5) is 0 Å². The average Bonchev–Trinajstić information content (AvgIpc) is 2.58. The minimum Gasteiger partial charge on any atom is -0.396 e. The first-order valence-electron chi connectivity index (χ1n) is 7.20. The largest absolute Gasteiger partial charge is 0.396 e. The maximum absolute atomic E-state index is 10.6. The second kappa shape index (κ2) is 3.27. The van der Waals surface area contributed by atoms with Crippen molar-refractivity contribution in [3.05, 3.63) is 0 Å². The molecule has 0 saturated heterocycles. The van der Waals surface area contributed by atoms with Crippen molar-refractivity contribution in [2.24, 2.45) is 28.1 Å². The van der Waals surface area contributed by atoms with Gasteiger partial charge in [-0.1, -0.05) is 20.8 Å². The zero-order valence-corrected chi connectivity index (χ0v) is 11.4. The third kappa shape index (κ3) is 1.10. The zero-order valence-electron chi connectivity index (χ0n) is 11.4. The maximum Gasteiger partial charge on any atom is 0.0629 e. The fourth-order valence-electron chi connectivity index (χ4n) is 5.95. The Bertz CT molecular complexity index is 338. The van der Waals surface area contributed by atoms with Crippen LogP contribution in [0.25, 0.3) is 0 Å². The Morgan fingerprint density at radius 3 is 2.47 bits per heavy atom. The lowest BCUT2D eigenvalue weighted by molar-refractivity contribution is -0.244. The summed E-state index contributed by atoms with van der Waals surface area (Å²) < 4.78 is 0. The normalized spacial score (nSPS) is 55.9. The van der Waals surface area contributed by atoms with Crippen LogP contribution in [0.5, 0.6) is 0 Å². The molecule has 98 valence electrons. The van der Waals surface area contributed by atoms with Crippen molar-refractivity contribution in [1.82, 2.24) is 0 Å². The summed E-state index contributed by atoms with van der Waals surface area (Å²) >= 11 is 0. The fraction of sp³-hybridized carbons (Fsp3) is 1.00. The van der Waals surface area contributed by atoms with Crippen molar-refractivity contribution in [2.45, 2.75) is 59.0 Å². The summed E-state index contributed by atoms with van der Waals surface area (Å²) in [6.07, 6.45) is 5.47. The molecular weight excluding hydrogens is 212 g/mol. The van der Waals surface area contributed by atoms with E-state index in [9.17, 15) is 10.2 Å². The first-order chi connectivity index (χ1) is 7.91. The van der Waals surface area contributed by atoms with Gasteiger partial charge in [-0.3, -0.25) is 0 Å². The molecule has 5 atom stereocenters. The summed E-state index contributed by atoms with van der Waals surface area (Å²) in [7, 11) is 0. The molecule has 0 aromatic rings. The molecule has 0 unspecified atom stereocenters. The molecule has 2 N–H and O–H groups in total. The molecule has 0 heterocycles. The van der Waals surface area contributed by atoms with Crippen molar-refractivity contribution in [1.29, 1.82) is 0 Å². The van der Waals surface area contributed by atoms with Crippen LogP contribution in [0.2, 0.25) is 0 Å². The van der Waals surface area contributed by atoms with Gasteiger partial charge in [0.15, 0.2) is 0 Å². The van der Waals surface area contributed by atoms with Gasteiger partial charge in [0.05, 0.1) is 12.7 Å². The molecule has 0 aliphatic heterocycles. The SMILES string of the molecule is C[C@@H]1CC[C@@H]2C(C)(C)[C@@]3(CO)CC[C@@]12C[C@@H]3O. The lowest BCUT2D eigenvalue weighted by Crippen LogP contribution is -2.66. The van der Waals surface area contributed by atoms with Gasteiger partial charge in [0, 0.05) is 5.41 Å². The van der Waals surface area contributed by atoms with Crippen LogP contribution in [-0.4, -0.2) is 22.9 Å². The molecule has 4 fully saturated rings. The van der Waals surface area contributed by atoms with Crippen molar-refractivity contribution in [3.8, 4) is 0 Å². The Morgan fingerprint density at radius 2 is 1.88 bits per heavy atom. The lowest BCUT2D eigenvalue weighted by Gasteiger charge is -2.67. The molecule has 1 spiro atoms. The van der Waals surface area contributed by atoms with E-state index in [0.717, 1.165) is 18.8 Å². The molecule has 4 aliphatic carbocycles. The van der Waals surface area contributed by atoms with Crippen LogP contribution >= 0.6 is 0 Å². The molecule has 4 aliphatic rings. The molecule has 0 aromatic heterocycles. The molecule has 2 nitrogen and oxygen atoms in total. The summed E-state index contributed by atoms with van der Waals surface area (Å²) in [6, 6.07) is 0. The number of hydrogen-bond donors (Lipinski definition) is 2. The Kier molecular flexibility index (Phi) is 2.30. The first-order valence-corrected chi connectivity index (χ1v) is 7.20. The first kappa shape index (κ1) is 12.0. The van der Waals surface area contributed by atoms with E-state index in [1.807, 2.05) is 0 Å². The van der Waals surface area contributed by atoms with Crippen LogP contribution in [0.1, 0.15) is 52.9 Å². The molecule has 4 rings (SSSR count). The van der Waals surface area contributed by atoms with Gasteiger partial charge in [-0.25, -0.2) is 0 Å². The van der Waals surface area contributed by atoms with E-state index >= 15 is 0 Å². The molecule has 4 saturated carbocycles. The van der Waals surface area contributed by atoms with E-state index < -0.39 is 0 Å². The molecule has 2 heteroatoms. The van der Waals surface area contributed by atoms with Gasteiger partial charge >= 0.3 is 0 Å². The van der Waals surface area contributed by atoms with E-state index in [0.29, 0.717) is 11.3 Å². The summed E-state index contributed by atoms with van der Waals surface area (Å²) in [4.78, 5) is 0. The number of hydrogen-bond acceptors (Lipinski definition) is 2. The molecule has 0 aromatic carbocycles. The van der Waals surface area contributed by atoms with Crippen molar-refractivity contribution in [3.63, 3.8) is 0 Å². The van der Waals surface area contributed by atoms with E-state index in [4.69, 9.17) is 0 Å². The van der Waals surface area contributed by atoms with E-state index in [2.05, 4.69) is 20.8 Å². The quantitative estimate of drug-likeness (QED) is 0.737. The van der Waals surface area contributed by atoms with Crippen LogP contribution in [0, 0.1) is 28.1 Å². The highest BCUT2D eigenvalue weighted by Crippen LogP contribution is 2.73. The highest BCUT2D eigenvalue weighted by atomic mass is 16.3. The second-order valence-electron chi connectivity index (χ2n) is 7.52. The molecule has 2 bridgehead atoms. The summed E-state index contributed by atoms with van der Waals surface area (Å²) in [5.74, 6) is 1.45. The Balaban J connectivity index is 2.11. The van der Waals surface area contributed by atoms with Crippen molar-refractivity contribution >= 4 is 0 Å².